The molecular formula is C8H4F6S2. The molecule has 0 spiro atoms. The SMILES string of the molecule is FC(F)(F)c1ccc(C(F)(F)F)c(SS)c1. The predicted octanol–water partition coefficient (Wildman–Crippen LogP) is 4.66. The Balaban J connectivity index is 3.28. The van der Waals surface area contributed by atoms with Crippen LogP contribution in [0, 0.1) is 0 Å². The van der Waals surface area contributed by atoms with Crippen molar-refractivity contribution in [3.05, 3.63) is 29.3 Å². The van der Waals surface area contributed by atoms with Gasteiger partial charge in [0.2, 0.25) is 0 Å². The van der Waals surface area contributed by atoms with Crippen LogP contribution in [0.5, 0.6) is 0 Å². The standard InChI is InChI=1S/C8H4F6S2/c9-7(10,11)4-1-2-5(8(12,13)14)6(3-4)16-15/h1-3,15H. The van der Waals surface area contributed by atoms with Crippen molar-refractivity contribution in [1.82, 2.24) is 0 Å². The third kappa shape index (κ3) is 3.00. The van der Waals surface area contributed by atoms with Gasteiger partial charge in [0.1, 0.15) is 0 Å². The van der Waals surface area contributed by atoms with Gasteiger partial charge in [0, 0.05) is 4.90 Å². The maximum absolute atomic E-state index is 12.3. The van der Waals surface area contributed by atoms with Gasteiger partial charge in [-0.1, -0.05) is 10.8 Å². The highest BCUT2D eigenvalue weighted by molar-refractivity contribution is 8.68. The van der Waals surface area contributed by atoms with E-state index in [0.29, 0.717) is 29.0 Å². The van der Waals surface area contributed by atoms with E-state index >= 15 is 0 Å². The van der Waals surface area contributed by atoms with E-state index in [2.05, 4.69) is 11.7 Å². The Morgan fingerprint density at radius 2 is 1.50 bits per heavy atom. The number of halogens is 6. The minimum Gasteiger partial charge on any atom is -0.166 e. The summed E-state index contributed by atoms with van der Waals surface area (Å²) in [5.41, 5.74) is -2.25. The fraction of sp³-hybridized carbons (Fsp3) is 0.250. The fourth-order valence-electron chi connectivity index (χ4n) is 1.01. The Labute approximate surface area is 95.8 Å². The van der Waals surface area contributed by atoms with E-state index in [9.17, 15) is 26.3 Å². The molecule has 0 aliphatic carbocycles. The van der Waals surface area contributed by atoms with Gasteiger partial charge >= 0.3 is 12.4 Å². The van der Waals surface area contributed by atoms with Crippen molar-refractivity contribution in [3.63, 3.8) is 0 Å². The van der Waals surface area contributed by atoms with E-state index in [4.69, 9.17) is 0 Å². The van der Waals surface area contributed by atoms with E-state index in [1.807, 2.05) is 0 Å². The number of rotatable bonds is 1. The normalized spacial score (nSPS) is 12.9. The first-order valence-electron chi connectivity index (χ1n) is 3.76. The van der Waals surface area contributed by atoms with Crippen LogP contribution < -0.4 is 0 Å². The molecule has 0 amide bonds. The maximum Gasteiger partial charge on any atom is 0.417 e. The molecule has 0 nitrogen and oxygen atoms in total. The molecule has 0 heterocycles. The largest absolute Gasteiger partial charge is 0.417 e. The van der Waals surface area contributed by atoms with Gasteiger partial charge in [0.15, 0.2) is 0 Å². The second-order valence-corrected chi connectivity index (χ2v) is 3.97. The summed E-state index contributed by atoms with van der Waals surface area (Å²) in [5.74, 6) is 0. The smallest absolute Gasteiger partial charge is 0.166 e. The van der Waals surface area contributed by atoms with Gasteiger partial charge in [-0.15, -0.1) is 11.7 Å². The molecule has 0 N–H and O–H groups in total. The zero-order valence-corrected chi connectivity index (χ0v) is 9.07. The Morgan fingerprint density at radius 3 is 1.88 bits per heavy atom. The fourth-order valence-corrected chi connectivity index (χ4v) is 1.92. The molecule has 8 heteroatoms. The lowest BCUT2D eigenvalue weighted by Gasteiger charge is -2.13. The van der Waals surface area contributed by atoms with Gasteiger partial charge in [0.05, 0.1) is 11.1 Å². The molecule has 90 valence electrons. The summed E-state index contributed by atoms with van der Waals surface area (Å²) in [7, 11) is 0.327. The van der Waals surface area contributed by atoms with Crippen molar-refractivity contribution in [3.8, 4) is 0 Å². The second kappa shape index (κ2) is 4.40. The molecule has 0 radical (unpaired) electrons. The molecule has 0 saturated heterocycles. The lowest BCUT2D eigenvalue weighted by atomic mass is 10.1. The van der Waals surface area contributed by atoms with Gasteiger partial charge in [0.25, 0.3) is 0 Å². The van der Waals surface area contributed by atoms with Crippen LogP contribution in [0.15, 0.2) is 23.1 Å². The topological polar surface area (TPSA) is 0 Å². The Bertz CT molecular complexity index is 381. The minimum absolute atomic E-state index is 0.327. The highest BCUT2D eigenvalue weighted by Crippen LogP contribution is 2.41. The molecule has 1 rings (SSSR count). The van der Waals surface area contributed by atoms with Crippen molar-refractivity contribution < 1.29 is 26.3 Å². The number of alkyl halides is 6. The molecule has 0 fully saturated rings. The molecule has 0 bridgehead atoms. The molecular weight excluding hydrogens is 274 g/mol. The number of hydrogen-bond acceptors (Lipinski definition) is 2. The van der Waals surface area contributed by atoms with Crippen LogP contribution in [0.1, 0.15) is 11.1 Å². The van der Waals surface area contributed by atoms with Crippen LogP contribution in [0.3, 0.4) is 0 Å². The maximum atomic E-state index is 12.3. The van der Waals surface area contributed by atoms with E-state index in [0.717, 1.165) is 0 Å². The Hall–Kier alpha value is -0.500. The molecule has 0 aliphatic rings. The first-order chi connectivity index (χ1) is 7.16. The number of benzene rings is 1. The lowest BCUT2D eigenvalue weighted by molar-refractivity contribution is -0.143. The summed E-state index contributed by atoms with van der Waals surface area (Å²) in [4.78, 5) is -0.564. The Morgan fingerprint density at radius 1 is 0.938 bits per heavy atom. The molecule has 0 aliphatic heterocycles. The van der Waals surface area contributed by atoms with Crippen LogP contribution in [0.25, 0.3) is 0 Å². The lowest BCUT2D eigenvalue weighted by Crippen LogP contribution is -2.10. The van der Waals surface area contributed by atoms with Crippen LogP contribution in [-0.2, 0) is 12.4 Å². The highest BCUT2D eigenvalue weighted by atomic mass is 33.1. The molecule has 0 saturated carbocycles. The second-order valence-electron chi connectivity index (χ2n) is 2.80. The monoisotopic (exact) mass is 278 g/mol. The molecule has 1 aromatic rings. The molecule has 0 unspecified atom stereocenters. The first kappa shape index (κ1) is 13.6. The van der Waals surface area contributed by atoms with Gasteiger partial charge in [-0.25, -0.2) is 0 Å². The zero-order chi connectivity index (χ0) is 12.6. The highest BCUT2D eigenvalue weighted by Gasteiger charge is 2.36. The number of thiol groups is 1. The van der Waals surface area contributed by atoms with Crippen molar-refractivity contribution in [1.29, 1.82) is 0 Å². The van der Waals surface area contributed by atoms with E-state index in [1.54, 1.807) is 0 Å². The summed E-state index contributed by atoms with van der Waals surface area (Å²) in [6.45, 7) is 0. The zero-order valence-electron chi connectivity index (χ0n) is 7.36. The summed E-state index contributed by atoms with van der Waals surface area (Å²) in [6.07, 6.45) is -9.35. The number of hydrogen-bond donors (Lipinski definition) is 1. The summed E-state index contributed by atoms with van der Waals surface area (Å²) in [5, 5.41) is 0. The Kier molecular flexibility index (Phi) is 3.73. The summed E-state index contributed by atoms with van der Waals surface area (Å²) >= 11 is 3.50. The average molecular weight is 278 g/mol. The molecule has 1 aromatic carbocycles. The molecule has 0 aromatic heterocycles. The van der Waals surface area contributed by atoms with E-state index in [-0.39, 0.29) is 0 Å². The van der Waals surface area contributed by atoms with Gasteiger partial charge < -0.3 is 0 Å². The van der Waals surface area contributed by atoms with Gasteiger partial charge in [-0.2, -0.15) is 26.3 Å². The van der Waals surface area contributed by atoms with Crippen molar-refractivity contribution in [2.75, 3.05) is 0 Å². The van der Waals surface area contributed by atoms with Gasteiger partial charge in [-0.05, 0) is 18.2 Å². The van der Waals surface area contributed by atoms with Crippen molar-refractivity contribution in [2.24, 2.45) is 0 Å². The predicted molar refractivity (Wildman–Crippen MR) is 51.3 cm³/mol. The molecule has 16 heavy (non-hydrogen) atoms. The minimum atomic E-state index is -4.69. The third-order valence-corrected chi connectivity index (χ3v) is 2.84. The van der Waals surface area contributed by atoms with Gasteiger partial charge in [-0.3, -0.25) is 0 Å². The average Bonchev–Trinajstić information content (AvgIpc) is 2.14. The first-order valence-corrected chi connectivity index (χ1v) is 5.63. The van der Waals surface area contributed by atoms with Crippen LogP contribution in [0.2, 0.25) is 0 Å². The summed E-state index contributed by atoms with van der Waals surface area (Å²) < 4.78 is 73.7. The van der Waals surface area contributed by atoms with Crippen molar-refractivity contribution in [2.45, 2.75) is 17.2 Å². The van der Waals surface area contributed by atoms with E-state index in [1.165, 1.54) is 0 Å². The van der Waals surface area contributed by atoms with Crippen LogP contribution in [0.4, 0.5) is 26.3 Å². The van der Waals surface area contributed by atoms with Crippen molar-refractivity contribution >= 4 is 22.5 Å². The van der Waals surface area contributed by atoms with Crippen LogP contribution in [-0.4, -0.2) is 0 Å². The molecule has 0 atom stereocenters. The summed E-state index contributed by atoms with van der Waals surface area (Å²) in [6, 6.07) is 1.23. The quantitative estimate of drug-likeness (QED) is 0.443. The van der Waals surface area contributed by atoms with Crippen LogP contribution >= 0.6 is 22.5 Å². The third-order valence-electron chi connectivity index (χ3n) is 1.71. The van der Waals surface area contributed by atoms with E-state index < -0.39 is 28.4 Å².